The summed E-state index contributed by atoms with van der Waals surface area (Å²) in [6, 6.07) is 10.3. The number of aromatic nitrogens is 1. The summed E-state index contributed by atoms with van der Waals surface area (Å²) in [5.74, 6) is -1.66. The summed E-state index contributed by atoms with van der Waals surface area (Å²) in [6.45, 7) is 5.28. The zero-order valence-corrected chi connectivity index (χ0v) is 20.3. The van der Waals surface area contributed by atoms with Crippen LogP contribution < -0.4 is 10.3 Å². The minimum absolute atomic E-state index is 0.105. The highest BCUT2D eigenvalue weighted by molar-refractivity contribution is 6.31. The maximum absolute atomic E-state index is 13.9. The van der Waals surface area contributed by atoms with Crippen LogP contribution >= 0.6 is 11.6 Å². The molecule has 1 N–H and O–H groups in total. The van der Waals surface area contributed by atoms with Gasteiger partial charge < -0.3 is 14.7 Å². The molecule has 2 heterocycles. The van der Waals surface area contributed by atoms with Gasteiger partial charge in [0.2, 0.25) is 0 Å². The van der Waals surface area contributed by atoms with E-state index in [0.29, 0.717) is 30.9 Å². The fourth-order valence-electron chi connectivity index (χ4n) is 4.14. The number of aliphatic hydroxyl groups is 1. The van der Waals surface area contributed by atoms with Crippen molar-refractivity contribution in [3.8, 4) is 11.4 Å². The third-order valence-electron chi connectivity index (χ3n) is 5.97. The summed E-state index contributed by atoms with van der Waals surface area (Å²) in [7, 11) is 0. The molecule has 0 radical (unpaired) electrons. The predicted molar refractivity (Wildman–Crippen MR) is 128 cm³/mol. The summed E-state index contributed by atoms with van der Waals surface area (Å²) in [5.41, 5.74) is 1.32. The number of amides is 1. The SMILES string of the molecule is Cc1cc(OCc2ccc(F)cc2F)c(Cl)c(=O)n1-c1ccc2c(c1)CCN(C(=O)C(C)(C)O)C2. The minimum Gasteiger partial charge on any atom is -0.487 e. The lowest BCUT2D eigenvalue weighted by molar-refractivity contribution is -0.148. The Labute approximate surface area is 206 Å². The van der Waals surface area contributed by atoms with E-state index < -0.39 is 22.8 Å². The molecule has 2 aromatic carbocycles. The Hall–Kier alpha value is -3.23. The number of benzene rings is 2. The smallest absolute Gasteiger partial charge is 0.277 e. The van der Waals surface area contributed by atoms with Gasteiger partial charge in [0.1, 0.15) is 34.6 Å². The number of hydrogen-bond acceptors (Lipinski definition) is 4. The van der Waals surface area contributed by atoms with Crippen LogP contribution in [0.4, 0.5) is 8.78 Å². The van der Waals surface area contributed by atoms with Crippen LogP contribution in [0.2, 0.25) is 5.02 Å². The number of fused-ring (bicyclic) bond motifs is 1. The molecule has 6 nitrogen and oxygen atoms in total. The molecule has 35 heavy (non-hydrogen) atoms. The number of hydrogen-bond donors (Lipinski definition) is 1. The molecule has 1 amide bonds. The highest BCUT2D eigenvalue weighted by Crippen LogP contribution is 2.27. The van der Waals surface area contributed by atoms with Crippen molar-refractivity contribution in [3.05, 3.63) is 91.9 Å². The van der Waals surface area contributed by atoms with Gasteiger partial charge in [-0.3, -0.25) is 14.2 Å². The molecule has 0 atom stereocenters. The second kappa shape index (κ2) is 9.43. The van der Waals surface area contributed by atoms with Gasteiger partial charge in [0.15, 0.2) is 0 Å². The van der Waals surface area contributed by atoms with Gasteiger partial charge in [-0.05, 0) is 62.6 Å². The fourth-order valence-corrected chi connectivity index (χ4v) is 4.33. The van der Waals surface area contributed by atoms with Gasteiger partial charge in [0.05, 0.1) is 0 Å². The molecule has 0 spiro atoms. The third-order valence-corrected chi connectivity index (χ3v) is 6.32. The quantitative estimate of drug-likeness (QED) is 0.564. The Morgan fingerprint density at radius 1 is 1.14 bits per heavy atom. The first-order chi connectivity index (χ1) is 16.5. The second-order valence-corrected chi connectivity index (χ2v) is 9.50. The van der Waals surface area contributed by atoms with Crippen molar-refractivity contribution >= 4 is 17.5 Å². The van der Waals surface area contributed by atoms with E-state index in [1.165, 1.54) is 24.5 Å². The molecule has 0 saturated heterocycles. The molecule has 1 aromatic heterocycles. The number of ether oxygens (including phenoxy) is 1. The van der Waals surface area contributed by atoms with Crippen LogP contribution in [0.1, 0.15) is 36.2 Å². The highest BCUT2D eigenvalue weighted by Gasteiger charge is 2.31. The van der Waals surface area contributed by atoms with Crippen molar-refractivity contribution in [1.29, 1.82) is 0 Å². The summed E-state index contributed by atoms with van der Waals surface area (Å²) >= 11 is 6.31. The van der Waals surface area contributed by atoms with Crippen LogP contribution in [0, 0.1) is 18.6 Å². The van der Waals surface area contributed by atoms with Crippen LogP contribution in [0.25, 0.3) is 5.69 Å². The largest absolute Gasteiger partial charge is 0.487 e. The molecule has 1 aliphatic rings. The lowest BCUT2D eigenvalue weighted by atomic mass is 9.97. The number of nitrogens with zero attached hydrogens (tertiary/aromatic N) is 2. The molecule has 9 heteroatoms. The van der Waals surface area contributed by atoms with Crippen molar-refractivity contribution in [3.63, 3.8) is 0 Å². The molecule has 4 rings (SSSR count). The van der Waals surface area contributed by atoms with E-state index >= 15 is 0 Å². The third kappa shape index (κ3) is 5.09. The van der Waals surface area contributed by atoms with E-state index in [-0.39, 0.29) is 28.8 Å². The molecule has 3 aromatic rings. The first-order valence-corrected chi connectivity index (χ1v) is 11.5. The molecule has 0 saturated carbocycles. The van der Waals surface area contributed by atoms with Crippen molar-refractivity contribution in [1.82, 2.24) is 9.47 Å². The molecule has 1 aliphatic heterocycles. The Morgan fingerprint density at radius 3 is 2.57 bits per heavy atom. The standard InChI is InChI=1S/C26H25ClF2N2O4/c1-15-10-22(35-14-18-4-6-19(28)12-21(18)29)23(27)24(32)31(15)20-7-5-17-13-30(9-8-16(17)11-20)25(33)26(2,3)34/h4-7,10-12,34H,8-9,13-14H2,1-3H3. The summed E-state index contributed by atoms with van der Waals surface area (Å²) in [6.07, 6.45) is 0.580. The molecule has 0 unspecified atom stereocenters. The van der Waals surface area contributed by atoms with Gasteiger partial charge in [-0.1, -0.05) is 17.7 Å². The van der Waals surface area contributed by atoms with E-state index in [1.54, 1.807) is 24.0 Å². The van der Waals surface area contributed by atoms with E-state index in [2.05, 4.69) is 0 Å². The monoisotopic (exact) mass is 502 g/mol. The van der Waals surface area contributed by atoms with Crippen molar-refractivity contribution < 1.29 is 23.4 Å². The average Bonchev–Trinajstić information content (AvgIpc) is 2.80. The average molecular weight is 503 g/mol. The minimum atomic E-state index is -1.44. The Morgan fingerprint density at radius 2 is 1.89 bits per heavy atom. The van der Waals surface area contributed by atoms with Crippen molar-refractivity contribution in [2.75, 3.05) is 6.54 Å². The number of halogens is 3. The van der Waals surface area contributed by atoms with Gasteiger partial charge in [-0.25, -0.2) is 8.78 Å². The maximum atomic E-state index is 13.9. The normalized spacial score (nSPS) is 13.5. The molecule has 0 fully saturated rings. The number of carbonyl (C=O) groups excluding carboxylic acids is 1. The Balaban J connectivity index is 1.59. The molecule has 184 valence electrons. The van der Waals surface area contributed by atoms with Crippen LogP contribution in [-0.2, 0) is 24.4 Å². The first kappa shape index (κ1) is 24.9. The van der Waals surface area contributed by atoms with Gasteiger partial charge in [-0.15, -0.1) is 0 Å². The van der Waals surface area contributed by atoms with E-state index in [9.17, 15) is 23.5 Å². The van der Waals surface area contributed by atoms with Gasteiger partial charge in [-0.2, -0.15) is 0 Å². The van der Waals surface area contributed by atoms with Crippen LogP contribution in [-0.4, -0.2) is 32.6 Å². The van der Waals surface area contributed by atoms with Gasteiger partial charge in [0.25, 0.3) is 11.5 Å². The number of aryl methyl sites for hydroxylation is 1. The Kier molecular flexibility index (Phi) is 6.71. The van der Waals surface area contributed by atoms with Gasteiger partial charge >= 0.3 is 0 Å². The number of pyridine rings is 1. The van der Waals surface area contributed by atoms with E-state index in [4.69, 9.17) is 16.3 Å². The molecular formula is C26H25ClF2N2O4. The first-order valence-electron chi connectivity index (χ1n) is 11.1. The van der Waals surface area contributed by atoms with Crippen LogP contribution in [0.5, 0.6) is 5.75 Å². The highest BCUT2D eigenvalue weighted by atomic mass is 35.5. The van der Waals surface area contributed by atoms with Crippen molar-refractivity contribution in [2.45, 2.75) is 45.9 Å². The molecule has 0 bridgehead atoms. The summed E-state index contributed by atoms with van der Waals surface area (Å²) in [5, 5.41) is 9.88. The summed E-state index contributed by atoms with van der Waals surface area (Å²) < 4.78 is 34.1. The zero-order chi connectivity index (χ0) is 25.5. The second-order valence-electron chi connectivity index (χ2n) is 9.12. The molecule has 0 aliphatic carbocycles. The van der Waals surface area contributed by atoms with Crippen molar-refractivity contribution in [2.24, 2.45) is 0 Å². The molecular weight excluding hydrogens is 478 g/mol. The predicted octanol–water partition coefficient (Wildman–Crippen LogP) is 4.31. The van der Waals surface area contributed by atoms with Crippen LogP contribution in [0.15, 0.2) is 47.3 Å². The lowest BCUT2D eigenvalue weighted by Crippen LogP contribution is -2.47. The zero-order valence-electron chi connectivity index (χ0n) is 19.6. The van der Waals surface area contributed by atoms with Gasteiger partial charge in [0, 0.05) is 42.2 Å². The lowest BCUT2D eigenvalue weighted by Gasteiger charge is -2.33. The summed E-state index contributed by atoms with van der Waals surface area (Å²) in [4.78, 5) is 27.1. The topological polar surface area (TPSA) is 71.8 Å². The van der Waals surface area contributed by atoms with E-state index in [1.807, 2.05) is 12.1 Å². The van der Waals surface area contributed by atoms with E-state index in [0.717, 1.165) is 23.3 Å². The van der Waals surface area contributed by atoms with Crippen LogP contribution in [0.3, 0.4) is 0 Å². The maximum Gasteiger partial charge on any atom is 0.277 e. The Bertz CT molecular complexity index is 1360. The fraction of sp³-hybridized carbons (Fsp3) is 0.308. The number of carbonyl (C=O) groups is 1. The number of rotatable bonds is 5.